The van der Waals surface area contributed by atoms with Crippen molar-refractivity contribution in [2.45, 2.75) is 23.9 Å². The number of fused-ring (bicyclic) bond motifs is 1. The quantitative estimate of drug-likeness (QED) is 0.491. The molecule has 0 radical (unpaired) electrons. The summed E-state index contributed by atoms with van der Waals surface area (Å²) in [7, 11) is 1.62. The molecule has 1 aromatic heterocycles. The smallest absolute Gasteiger partial charge is 0.262 e. The SMILES string of the molecule is COC[C@@H](C)n1c(SCc2ccc(C#N)cc2)nc2ccccc2c1=O. The van der Waals surface area contributed by atoms with Crippen LogP contribution in [0, 0.1) is 11.3 Å². The van der Waals surface area contributed by atoms with Crippen molar-refractivity contribution >= 4 is 22.7 Å². The van der Waals surface area contributed by atoms with Crippen LogP contribution in [0.4, 0.5) is 0 Å². The van der Waals surface area contributed by atoms with Gasteiger partial charge >= 0.3 is 0 Å². The first kappa shape index (κ1) is 18.2. The van der Waals surface area contributed by atoms with Gasteiger partial charge in [-0.3, -0.25) is 9.36 Å². The molecule has 26 heavy (non-hydrogen) atoms. The van der Waals surface area contributed by atoms with Crippen LogP contribution < -0.4 is 5.56 Å². The van der Waals surface area contributed by atoms with Gasteiger partial charge < -0.3 is 4.74 Å². The molecule has 0 aliphatic carbocycles. The highest BCUT2D eigenvalue weighted by atomic mass is 32.2. The average molecular weight is 365 g/mol. The average Bonchev–Trinajstić information content (AvgIpc) is 2.67. The Morgan fingerprint density at radius 1 is 1.23 bits per heavy atom. The second kappa shape index (κ2) is 8.17. The van der Waals surface area contributed by atoms with E-state index in [-0.39, 0.29) is 11.6 Å². The summed E-state index contributed by atoms with van der Waals surface area (Å²) >= 11 is 1.51. The van der Waals surface area contributed by atoms with Crippen LogP contribution in [0.15, 0.2) is 58.5 Å². The zero-order chi connectivity index (χ0) is 18.5. The van der Waals surface area contributed by atoms with E-state index in [4.69, 9.17) is 15.0 Å². The third kappa shape index (κ3) is 3.79. The highest BCUT2D eigenvalue weighted by molar-refractivity contribution is 7.98. The summed E-state index contributed by atoms with van der Waals surface area (Å²) in [6.07, 6.45) is 0. The molecule has 0 aliphatic heterocycles. The maximum absolute atomic E-state index is 13.0. The van der Waals surface area contributed by atoms with Gasteiger partial charge in [-0.25, -0.2) is 4.98 Å². The molecule has 0 bridgehead atoms. The molecule has 1 heterocycles. The standard InChI is InChI=1S/C20H19N3O2S/c1-14(12-25-2)23-19(24)17-5-3-4-6-18(17)22-20(23)26-13-16-9-7-15(11-21)8-10-16/h3-10,14H,12-13H2,1-2H3/t14-/m1/s1. The molecule has 3 rings (SSSR count). The number of methoxy groups -OCH3 is 1. The van der Waals surface area contributed by atoms with Gasteiger partial charge in [-0.2, -0.15) is 5.26 Å². The third-order valence-electron chi connectivity index (χ3n) is 4.08. The molecule has 0 fully saturated rings. The molecule has 0 saturated carbocycles. The molecule has 0 unspecified atom stereocenters. The van der Waals surface area contributed by atoms with E-state index in [1.807, 2.05) is 37.3 Å². The second-order valence-corrected chi connectivity index (χ2v) is 6.93. The lowest BCUT2D eigenvalue weighted by molar-refractivity contribution is 0.156. The van der Waals surface area contributed by atoms with Crippen molar-refractivity contribution in [2.24, 2.45) is 0 Å². The van der Waals surface area contributed by atoms with E-state index >= 15 is 0 Å². The van der Waals surface area contributed by atoms with Crippen LogP contribution in [-0.2, 0) is 10.5 Å². The molecular formula is C20H19N3O2S. The highest BCUT2D eigenvalue weighted by Gasteiger charge is 2.16. The van der Waals surface area contributed by atoms with Gasteiger partial charge in [-0.1, -0.05) is 36.0 Å². The topological polar surface area (TPSA) is 67.9 Å². The van der Waals surface area contributed by atoms with E-state index in [1.165, 1.54) is 11.8 Å². The van der Waals surface area contributed by atoms with Gasteiger partial charge in [0, 0.05) is 12.9 Å². The molecule has 3 aromatic rings. The van der Waals surface area contributed by atoms with Gasteiger partial charge in [0.2, 0.25) is 0 Å². The minimum Gasteiger partial charge on any atom is -0.383 e. The molecule has 5 nitrogen and oxygen atoms in total. The van der Waals surface area contributed by atoms with E-state index in [0.29, 0.717) is 34.0 Å². The summed E-state index contributed by atoms with van der Waals surface area (Å²) < 4.78 is 6.95. The normalized spacial score (nSPS) is 12.0. The van der Waals surface area contributed by atoms with E-state index in [1.54, 1.807) is 29.9 Å². The van der Waals surface area contributed by atoms with Crippen molar-refractivity contribution in [3.8, 4) is 6.07 Å². The summed E-state index contributed by atoms with van der Waals surface area (Å²) in [6.45, 7) is 2.39. The lowest BCUT2D eigenvalue weighted by Gasteiger charge is -2.18. The molecular weight excluding hydrogens is 346 g/mol. The maximum Gasteiger partial charge on any atom is 0.262 e. The summed E-state index contributed by atoms with van der Waals surface area (Å²) in [5.74, 6) is 0.663. The van der Waals surface area contributed by atoms with Crippen LogP contribution >= 0.6 is 11.8 Å². The Kier molecular flexibility index (Phi) is 5.71. The lowest BCUT2D eigenvalue weighted by Crippen LogP contribution is -2.28. The van der Waals surface area contributed by atoms with Gasteiger partial charge in [0.05, 0.1) is 35.2 Å². The minimum absolute atomic E-state index is 0.0533. The number of benzene rings is 2. The fourth-order valence-corrected chi connectivity index (χ4v) is 3.81. The number of nitrogens with zero attached hydrogens (tertiary/aromatic N) is 3. The summed E-state index contributed by atoms with van der Waals surface area (Å²) in [4.78, 5) is 17.7. The molecule has 2 aromatic carbocycles. The molecule has 0 saturated heterocycles. The van der Waals surface area contributed by atoms with Gasteiger partial charge in [-0.05, 0) is 36.8 Å². The van der Waals surface area contributed by atoms with E-state index < -0.39 is 0 Å². The van der Waals surface area contributed by atoms with Crippen molar-refractivity contribution in [2.75, 3.05) is 13.7 Å². The molecule has 1 atom stereocenters. The molecule has 6 heteroatoms. The first-order valence-electron chi connectivity index (χ1n) is 8.26. The third-order valence-corrected chi connectivity index (χ3v) is 5.10. The number of ether oxygens (including phenoxy) is 1. The molecule has 0 N–H and O–H groups in total. The van der Waals surface area contributed by atoms with Crippen LogP contribution in [0.25, 0.3) is 10.9 Å². The highest BCUT2D eigenvalue weighted by Crippen LogP contribution is 2.24. The van der Waals surface area contributed by atoms with Crippen LogP contribution in [0.3, 0.4) is 0 Å². The van der Waals surface area contributed by atoms with Gasteiger partial charge in [-0.15, -0.1) is 0 Å². The molecule has 0 amide bonds. The van der Waals surface area contributed by atoms with E-state index in [2.05, 4.69) is 6.07 Å². The zero-order valence-corrected chi connectivity index (χ0v) is 15.5. The van der Waals surface area contributed by atoms with E-state index in [0.717, 1.165) is 5.56 Å². The predicted molar refractivity (Wildman–Crippen MR) is 103 cm³/mol. The number of para-hydroxylation sites is 1. The molecule has 0 aliphatic rings. The largest absolute Gasteiger partial charge is 0.383 e. The number of hydrogen-bond acceptors (Lipinski definition) is 5. The van der Waals surface area contributed by atoms with E-state index in [9.17, 15) is 4.79 Å². The summed E-state index contributed by atoms with van der Waals surface area (Å²) in [5.41, 5.74) is 2.35. The summed E-state index contributed by atoms with van der Waals surface area (Å²) in [6, 6.07) is 16.8. The van der Waals surface area contributed by atoms with Crippen molar-refractivity contribution in [3.05, 3.63) is 70.0 Å². The van der Waals surface area contributed by atoms with Crippen molar-refractivity contribution in [1.29, 1.82) is 5.26 Å². The number of nitriles is 1. The van der Waals surface area contributed by atoms with Crippen LogP contribution in [-0.4, -0.2) is 23.3 Å². The van der Waals surface area contributed by atoms with Gasteiger partial charge in [0.25, 0.3) is 5.56 Å². The van der Waals surface area contributed by atoms with Crippen LogP contribution in [0.1, 0.15) is 24.1 Å². The molecule has 132 valence electrons. The Morgan fingerprint density at radius 2 is 1.96 bits per heavy atom. The lowest BCUT2D eigenvalue weighted by atomic mass is 10.2. The Bertz CT molecular complexity index is 1010. The first-order valence-corrected chi connectivity index (χ1v) is 9.24. The Hall–Kier alpha value is -2.62. The Morgan fingerprint density at radius 3 is 2.65 bits per heavy atom. The van der Waals surface area contributed by atoms with Crippen LogP contribution in [0.2, 0.25) is 0 Å². The van der Waals surface area contributed by atoms with Crippen molar-refractivity contribution in [1.82, 2.24) is 9.55 Å². The summed E-state index contributed by atoms with van der Waals surface area (Å²) in [5, 5.41) is 10.2. The van der Waals surface area contributed by atoms with Gasteiger partial charge in [0.1, 0.15) is 0 Å². The Balaban J connectivity index is 1.98. The maximum atomic E-state index is 13.0. The predicted octanol–water partition coefficient (Wildman–Crippen LogP) is 3.77. The zero-order valence-electron chi connectivity index (χ0n) is 14.7. The number of thioether (sulfide) groups is 1. The number of aromatic nitrogens is 2. The fraction of sp³-hybridized carbons (Fsp3) is 0.250. The molecule has 0 spiro atoms. The van der Waals surface area contributed by atoms with Crippen molar-refractivity contribution in [3.63, 3.8) is 0 Å². The minimum atomic E-state index is -0.118. The second-order valence-electron chi connectivity index (χ2n) is 5.99. The number of rotatable bonds is 6. The first-order chi connectivity index (χ1) is 12.6. The number of hydrogen-bond donors (Lipinski definition) is 0. The van der Waals surface area contributed by atoms with Crippen LogP contribution in [0.5, 0.6) is 0 Å². The Labute approximate surface area is 156 Å². The fourth-order valence-electron chi connectivity index (χ4n) is 2.76. The monoisotopic (exact) mass is 365 g/mol. The van der Waals surface area contributed by atoms with Gasteiger partial charge in [0.15, 0.2) is 5.16 Å². The van der Waals surface area contributed by atoms with Crippen molar-refractivity contribution < 1.29 is 4.74 Å².